The molecule has 1 aliphatic carbocycles. The fourth-order valence-corrected chi connectivity index (χ4v) is 3.77. The van der Waals surface area contributed by atoms with Crippen LogP contribution in [0.4, 0.5) is 0 Å². The lowest BCUT2D eigenvalue weighted by Gasteiger charge is -2.23. The van der Waals surface area contributed by atoms with Crippen LogP contribution in [-0.2, 0) is 4.74 Å². The highest BCUT2D eigenvalue weighted by atomic mass is 32.2. The summed E-state index contributed by atoms with van der Waals surface area (Å²) in [6, 6.07) is 0.669. The van der Waals surface area contributed by atoms with Crippen molar-refractivity contribution >= 4 is 11.8 Å². The lowest BCUT2D eigenvalue weighted by atomic mass is 10.0. The molecule has 0 heterocycles. The topological polar surface area (TPSA) is 21.3 Å². The molecule has 0 bridgehead atoms. The predicted molar refractivity (Wildman–Crippen MR) is 73.3 cm³/mol. The number of hydrogen-bond donors (Lipinski definition) is 1. The first-order valence-corrected chi connectivity index (χ1v) is 7.69. The van der Waals surface area contributed by atoms with Gasteiger partial charge in [-0.1, -0.05) is 19.3 Å². The number of hydrogen-bond acceptors (Lipinski definition) is 3. The minimum Gasteiger partial charge on any atom is -0.385 e. The summed E-state index contributed by atoms with van der Waals surface area (Å²) < 4.78 is 5.10. The van der Waals surface area contributed by atoms with Gasteiger partial charge >= 0.3 is 0 Å². The number of nitrogens with one attached hydrogen (secondary N) is 1. The van der Waals surface area contributed by atoms with E-state index in [4.69, 9.17) is 4.74 Å². The smallest absolute Gasteiger partial charge is 0.0462 e. The maximum atomic E-state index is 5.10. The third kappa shape index (κ3) is 6.12. The highest BCUT2D eigenvalue weighted by Gasteiger charge is 2.15. The summed E-state index contributed by atoms with van der Waals surface area (Å²) in [5.41, 5.74) is 0. The van der Waals surface area contributed by atoms with Crippen LogP contribution >= 0.6 is 11.8 Å². The lowest BCUT2D eigenvalue weighted by Crippen LogP contribution is -2.29. The number of ether oxygens (including phenoxy) is 1. The molecular weight excluding hydrogens is 218 g/mol. The van der Waals surface area contributed by atoms with Crippen LogP contribution in [0.25, 0.3) is 0 Å². The maximum absolute atomic E-state index is 5.10. The summed E-state index contributed by atoms with van der Waals surface area (Å²) in [5.74, 6) is 1.27. The Bertz CT molecular complexity index is 160. The highest BCUT2D eigenvalue weighted by molar-refractivity contribution is 7.99. The van der Waals surface area contributed by atoms with Gasteiger partial charge in [0.05, 0.1) is 0 Å². The molecule has 1 fully saturated rings. The molecule has 96 valence electrons. The van der Waals surface area contributed by atoms with Gasteiger partial charge in [0.1, 0.15) is 0 Å². The van der Waals surface area contributed by atoms with E-state index in [9.17, 15) is 0 Å². The quantitative estimate of drug-likeness (QED) is 0.664. The van der Waals surface area contributed by atoms with Gasteiger partial charge in [0, 0.05) is 30.8 Å². The van der Waals surface area contributed by atoms with Crippen molar-refractivity contribution in [3.8, 4) is 0 Å². The Morgan fingerprint density at radius 2 is 2.06 bits per heavy atom. The minimum atomic E-state index is 0.669. The molecule has 3 heteroatoms. The Morgan fingerprint density at radius 3 is 2.69 bits per heavy atom. The largest absolute Gasteiger partial charge is 0.385 e. The summed E-state index contributed by atoms with van der Waals surface area (Å²) in [6.45, 7) is 0.895. The molecule has 1 atom stereocenters. The maximum Gasteiger partial charge on any atom is 0.0462 e. The number of rotatable bonds is 8. The molecule has 0 radical (unpaired) electrons. The van der Waals surface area contributed by atoms with Gasteiger partial charge in [0.25, 0.3) is 0 Å². The Morgan fingerprint density at radius 1 is 1.31 bits per heavy atom. The zero-order chi connectivity index (χ0) is 11.6. The van der Waals surface area contributed by atoms with Crippen molar-refractivity contribution in [1.29, 1.82) is 0 Å². The molecule has 1 saturated carbocycles. The Labute approximate surface area is 105 Å². The molecule has 1 aliphatic rings. The fourth-order valence-electron chi connectivity index (χ4n) is 2.27. The molecule has 0 amide bonds. The van der Waals surface area contributed by atoms with Gasteiger partial charge in [-0.15, -0.1) is 0 Å². The molecule has 16 heavy (non-hydrogen) atoms. The SMILES string of the molecule is CNC(CCCOC)CSC1CCCCC1. The van der Waals surface area contributed by atoms with E-state index >= 15 is 0 Å². The van der Waals surface area contributed by atoms with Gasteiger partial charge in [-0.05, 0) is 32.7 Å². The first kappa shape index (κ1) is 14.3. The average Bonchev–Trinajstić information content (AvgIpc) is 2.35. The third-order valence-corrected chi connectivity index (χ3v) is 4.93. The number of methoxy groups -OCH3 is 1. The third-order valence-electron chi connectivity index (χ3n) is 3.39. The van der Waals surface area contributed by atoms with Crippen molar-refractivity contribution in [3.05, 3.63) is 0 Å². The lowest BCUT2D eigenvalue weighted by molar-refractivity contribution is 0.190. The standard InChI is InChI=1S/C13H27NOS/c1-14-12(7-6-10-15-2)11-16-13-8-4-3-5-9-13/h12-14H,3-11H2,1-2H3. The van der Waals surface area contributed by atoms with E-state index < -0.39 is 0 Å². The van der Waals surface area contributed by atoms with Crippen LogP contribution in [0.1, 0.15) is 44.9 Å². The highest BCUT2D eigenvalue weighted by Crippen LogP contribution is 2.28. The van der Waals surface area contributed by atoms with E-state index in [-0.39, 0.29) is 0 Å². The zero-order valence-corrected chi connectivity index (χ0v) is 11.7. The molecule has 1 N–H and O–H groups in total. The van der Waals surface area contributed by atoms with E-state index in [1.54, 1.807) is 7.11 Å². The first-order chi connectivity index (χ1) is 7.86. The van der Waals surface area contributed by atoms with Crippen LogP contribution in [0.3, 0.4) is 0 Å². The Hall–Kier alpha value is 0.270. The molecule has 0 aromatic carbocycles. The van der Waals surface area contributed by atoms with Crippen molar-refractivity contribution in [2.24, 2.45) is 0 Å². The second kappa shape index (κ2) is 9.32. The molecule has 0 aromatic rings. The van der Waals surface area contributed by atoms with Crippen LogP contribution in [0.2, 0.25) is 0 Å². The summed E-state index contributed by atoms with van der Waals surface area (Å²) in [7, 11) is 3.87. The van der Waals surface area contributed by atoms with Gasteiger partial charge in [-0.25, -0.2) is 0 Å². The predicted octanol–water partition coefficient (Wildman–Crippen LogP) is 3.07. The summed E-state index contributed by atoms with van der Waals surface area (Å²) in [5, 5.41) is 4.36. The van der Waals surface area contributed by atoms with Crippen molar-refractivity contribution in [1.82, 2.24) is 5.32 Å². The molecule has 0 spiro atoms. The average molecular weight is 245 g/mol. The van der Waals surface area contributed by atoms with Crippen LogP contribution in [0.15, 0.2) is 0 Å². The van der Waals surface area contributed by atoms with Gasteiger partial charge in [0.2, 0.25) is 0 Å². The summed E-state index contributed by atoms with van der Waals surface area (Å²) in [6.07, 6.45) is 9.66. The summed E-state index contributed by atoms with van der Waals surface area (Å²) in [4.78, 5) is 0. The Balaban J connectivity index is 2.07. The minimum absolute atomic E-state index is 0.669. The summed E-state index contributed by atoms with van der Waals surface area (Å²) >= 11 is 2.18. The van der Waals surface area contributed by atoms with Gasteiger partial charge in [-0.2, -0.15) is 11.8 Å². The van der Waals surface area contributed by atoms with Gasteiger partial charge < -0.3 is 10.1 Å². The molecular formula is C13H27NOS. The number of thioether (sulfide) groups is 1. The van der Waals surface area contributed by atoms with Crippen molar-refractivity contribution < 1.29 is 4.74 Å². The second-order valence-electron chi connectivity index (χ2n) is 4.71. The zero-order valence-electron chi connectivity index (χ0n) is 10.8. The first-order valence-electron chi connectivity index (χ1n) is 6.64. The Kier molecular flexibility index (Phi) is 8.34. The van der Waals surface area contributed by atoms with Crippen molar-refractivity contribution in [2.45, 2.75) is 56.2 Å². The van der Waals surface area contributed by atoms with Gasteiger partial charge in [-0.3, -0.25) is 0 Å². The van der Waals surface area contributed by atoms with Crippen molar-refractivity contribution in [3.63, 3.8) is 0 Å². The molecule has 0 saturated heterocycles. The molecule has 0 aromatic heterocycles. The van der Waals surface area contributed by atoms with Crippen LogP contribution in [0, 0.1) is 0 Å². The normalized spacial score (nSPS) is 19.9. The molecule has 2 nitrogen and oxygen atoms in total. The van der Waals surface area contributed by atoms with E-state index in [1.165, 1.54) is 50.7 Å². The van der Waals surface area contributed by atoms with Crippen LogP contribution in [-0.4, -0.2) is 37.8 Å². The van der Waals surface area contributed by atoms with E-state index in [0.29, 0.717) is 6.04 Å². The van der Waals surface area contributed by atoms with E-state index in [1.807, 2.05) is 0 Å². The monoisotopic (exact) mass is 245 g/mol. The van der Waals surface area contributed by atoms with Crippen molar-refractivity contribution in [2.75, 3.05) is 26.5 Å². The fraction of sp³-hybridized carbons (Fsp3) is 1.00. The van der Waals surface area contributed by atoms with Gasteiger partial charge in [0.15, 0.2) is 0 Å². The second-order valence-corrected chi connectivity index (χ2v) is 6.05. The van der Waals surface area contributed by atoms with Crippen LogP contribution < -0.4 is 5.32 Å². The molecule has 1 rings (SSSR count). The van der Waals surface area contributed by atoms with Crippen LogP contribution in [0.5, 0.6) is 0 Å². The van der Waals surface area contributed by atoms with E-state index in [2.05, 4.69) is 24.1 Å². The molecule has 1 unspecified atom stereocenters. The van der Waals surface area contributed by atoms with E-state index in [0.717, 1.165) is 11.9 Å². The molecule has 0 aliphatic heterocycles.